The highest BCUT2D eigenvalue weighted by Crippen LogP contribution is 2.31. The molecule has 0 saturated carbocycles. The molecule has 1 amide bonds. The van der Waals surface area contributed by atoms with Gasteiger partial charge >= 0.3 is 0 Å². The highest BCUT2D eigenvalue weighted by Gasteiger charge is 2.27. The molecule has 35 heavy (non-hydrogen) atoms. The van der Waals surface area contributed by atoms with Gasteiger partial charge in [0.2, 0.25) is 0 Å². The van der Waals surface area contributed by atoms with Gasteiger partial charge in [-0.05, 0) is 61.4 Å². The Labute approximate surface area is 206 Å². The van der Waals surface area contributed by atoms with Crippen LogP contribution in [0.4, 0.5) is 0 Å². The molecule has 0 spiro atoms. The van der Waals surface area contributed by atoms with Crippen molar-refractivity contribution >= 4 is 34.3 Å². The molecule has 3 aromatic heterocycles. The summed E-state index contributed by atoms with van der Waals surface area (Å²) in [5.74, 6) is 1.56. The molecule has 5 aromatic rings. The largest absolute Gasteiger partial charge is 0.487 e. The van der Waals surface area contributed by atoms with E-state index in [0.29, 0.717) is 36.0 Å². The first-order valence-electron chi connectivity index (χ1n) is 11.6. The maximum Gasteiger partial charge on any atom is 0.253 e. The van der Waals surface area contributed by atoms with Crippen molar-refractivity contribution in [2.45, 2.75) is 25.4 Å². The minimum absolute atomic E-state index is 0.00553. The maximum absolute atomic E-state index is 13.2. The molecule has 6 rings (SSSR count). The zero-order valence-corrected chi connectivity index (χ0v) is 19.7. The number of aromatic nitrogens is 3. The third-order valence-corrected chi connectivity index (χ3v) is 6.61. The molecule has 176 valence electrons. The van der Waals surface area contributed by atoms with Crippen molar-refractivity contribution in [3.05, 3.63) is 95.2 Å². The quantitative estimate of drug-likeness (QED) is 0.317. The lowest BCUT2D eigenvalue weighted by molar-refractivity contribution is 0.0706. The smallest absolute Gasteiger partial charge is 0.253 e. The Morgan fingerprint density at radius 2 is 1.94 bits per heavy atom. The number of carbonyl (C=O) groups excluding carboxylic acids is 1. The number of benzene rings is 2. The van der Waals surface area contributed by atoms with Crippen molar-refractivity contribution < 1.29 is 13.9 Å². The number of rotatable bonds is 5. The number of piperidine rings is 1. The van der Waals surface area contributed by atoms with E-state index < -0.39 is 0 Å². The monoisotopic (exact) mass is 486 g/mol. The molecular weight excluding hydrogens is 464 g/mol. The highest BCUT2D eigenvalue weighted by atomic mass is 35.5. The highest BCUT2D eigenvalue weighted by molar-refractivity contribution is 6.31. The first-order chi connectivity index (χ1) is 17.1. The molecule has 7 nitrogen and oxygen atoms in total. The number of carbonyl (C=O) groups is 1. The molecular formula is C27H23ClN4O3. The van der Waals surface area contributed by atoms with Gasteiger partial charge in [0.1, 0.15) is 23.5 Å². The molecule has 2 aromatic carbocycles. The van der Waals surface area contributed by atoms with E-state index in [1.54, 1.807) is 12.1 Å². The summed E-state index contributed by atoms with van der Waals surface area (Å²) in [7, 11) is 0. The predicted molar refractivity (Wildman–Crippen MR) is 133 cm³/mol. The Bertz CT molecular complexity index is 1480. The number of fused-ring (bicyclic) bond motifs is 2. The van der Waals surface area contributed by atoms with Crippen LogP contribution in [0.25, 0.3) is 16.7 Å². The average molecular weight is 487 g/mol. The second-order valence-corrected chi connectivity index (χ2v) is 9.18. The Morgan fingerprint density at radius 1 is 1.06 bits per heavy atom. The van der Waals surface area contributed by atoms with Crippen molar-refractivity contribution in [2.24, 2.45) is 0 Å². The van der Waals surface area contributed by atoms with Crippen LogP contribution in [0.2, 0.25) is 5.02 Å². The first-order valence-corrected chi connectivity index (χ1v) is 12.0. The number of imidazole rings is 1. The number of ether oxygens (including phenoxy) is 1. The molecule has 0 bridgehead atoms. The third kappa shape index (κ3) is 4.47. The number of halogens is 1. The topological polar surface area (TPSA) is 72.9 Å². The number of hydrogen-bond acceptors (Lipinski definition) is 5. The fourth-order valence-electron chi connectivity index (χ4n) is 4.54. The summed E-state index contributed by atoms with van der Waals surface area (Å²) in [5.41, 5.74) is 3.83. The van der Waals surface area contributed by atoms with E-state index in [0.717, 1.165) is 41.2 Å². The molecule has 0 radical (unpaired) electrons. The fourth-order valence-corrected chi connectivity index (χ4v) is 4.70. The van der Waals surface area contributed by atoms with Gasteiger partial charge in [-0.2, -0.15) is 0 Å². The van der Waals surface area contributed by atoms with Crippen LogP contribution >= 0.6 is 11.6 Å². The second-order valence-electron chi connectivity index (χ2n) is 8.75. The van der Waals surface area contributed by atoms with Crippen molar-refractivity contribution in [3.8, 4) is 5.75 Å². The number of nitrogens with zero attached hydrogens (tertiary/aromatic N) is 4. The maximum atomic E-state index is 13.2. The minimum Gasteiger partial charge on any atom is -0.487 e. The van der Waals surface area contributed by atoms with E-state index in [1.165, 1.54) is 0 Å². The summed E-state index contributed by atoms with van der Waals surface area (Å²) < 4.78 is 13.8. The molecule has 0 N–H and O–H groups in total. The van der Waals surface area contributed by atoms with E-state index in [-0.39, 0.29) is 11.8 Å². The molecule has 0 aliphatic carbocycles. The molecule has 8 heteroatoms. The Morgan fingerprint density at radius 3 is 2.80 bits per heavy atom. The van der Waals surface area contributed by atoms with E-state index in [9.17, 15) is 4.79 Å². The first kappa shape index (κ1) is 21.7. The van der Waals surface area contributed by atoms with Crippen molar-refractivity contribution in [2.75, 3.05) is 13.1 Å². The van der Waals surface area contributed by atoms with Crippen LogP contribution in [0.1, 0.15) is 40.7 Å². The van der Waals surface area contributed by atoms with Gasteiger partial charge in [0, 0.05) is 42.0 Å². The molecule has 0 atom stereocenters. The van der Waals surface area contributed by atoms with Crippen molar-refractivity contribution in [1.29, 1.82) is 0 Å². The summed E-state index contributed by atoms with van der Waals surface area (Å²) in [6.45, 7) is 1.63. The molecule has 1 fully saturated rings. The van der Waals surface area contributed by atoms with Gasteiger partial charge in [-0.1, -0.05) is 23.7 Å². The summed E-state index contributed by atoms with van der Waals surface area (Å²) in [6.07, 6.45) is 5.50. The van der Waals surface area contributed by atoms with Gasteiger partial charge in [-0.25, -0.2) is 9.97 Å². The number of oxazole rings is 1. The summed E-state index contributed by atoms with van der Waals surface area (Å²) in [5, 5.41) is 0.641. The molecule has 1 aliphatic heterocycles. The second kappa shape index (κ2) is 9.07. The van der Waals surface area contributed by atoms with E-state index in [2.05, 4.69) is 9.97 Å². The number of amides is 1. The standard InChI is InChI=1S/C27H23ClN4O3/c28-20-7-8-24-23(15-20)30-26(35-24)18-9-12-31(13-10-18)27(33)19-4-3-5-22(14-19)34-17-21-16-32-11-2-1-6-25(32)29-21/h1-8,11,14-16,18H,9-10,12-13,17H2. The SMILES string of the molecule is O=C(c1cccc(OCc2cn3ccccc3n2)c1)N1CCC(c2nc3cc(Cl)ccc3o2)CC1. The van der Waals surface area contributed by atoms with Crippen molar-refractivity contribution in [3.63, 3.8) is 0 Å². The Kier molecular flexibility index (Phi) is 5.62. The van der Waals surface area contributed by atoms with Crippen LogP contribution in [0.15, 0.2) is 77.5 Å². The van der Waals surface area contributed by atoms with E-state index >= 15 is 0 Å². The van der Waals surface area contributed by atoms with Gasteiger partial charge in [-0.3, -0.25) is 4.79 Å². The Hall–Kier alpha value is -3.84. The van der Waals surface area contributed by atoms with Gasteiger partial charge in [0.05, 0.1) is 5.69 Å². The van der Waals surface area contributed by atoms with Crippen LogP contribution < -0.4 is 4.74 Å². The zero-order valence-electron chi connectivity index (χ0n) is 18.9. The van der Waals surface area contributed by atoms with E-state index in [4.69, 9.17) is 20.8 Å². The lowest BCUT2D eigenvalue weighted by atomic mass is 9.96. The fraction of sp³-hybridized carbons (Fsp3) is 0.222. The minimum atomic E-state index is 0.00553. The number of hydrogen-bond donors (Lipinski definition) is 0. The number of likely N-dealkylation sites (tertiary alicyclic amines) is 1. The predicted octanol–water partition coefficient (Wildman–Crippen LogP) is 5.73. The normalized spacial score (nSPS) is 14.6. The lowest BCUT2D eigenvalue weighted by Crippen LogP contribution is -2.38. The van der Waals surface area contributed by atoms with Gasteiger partial charge in [-0.15, -0.1) is 0 Å². The molecule has 1 saturated heterocycles. The Balaban J connectivity index is 1.09. The van der Waals surface area contributed by atoms with Gasteiger partial charge in [0.25, 0.3) is 5.91 Å². The van der Waals surface area contributed by atoms with E-state index in [1.807, 2.05) is 70.2 Å². The molecule has 4 heterocycles. The number of pyridine rings is 1. The zero-order chi connectivity index (χ0) is 23.8. The summed E-state index contributed by atoms with van der Waals surface area (Å²) in [4.78, 5) is 24.2. The molecule has 1 aliphatic rings. The lowest BCUT2D eigenvalue weighted by Gasteiger charge is -2.30. The van der Waals surface area contributed by atoms with Gasteiger partial charge in [0.15, 0.2) is 11.5 Å². The van der Waals surface area contributed by atoms with Gasteiger partial charge < -0.3 is 18.5 Å². The van der Waals surface area contributed by atoms with Crippen molar-refractivity contribution in [1.82, 2.24) is 19.3 Å². The van der Waals surface area contributed by atoms with Crippen LogP contribution in [0.5, 0.6) is 5.75 Å². The summed E-state index contributed by atoms with van der Waals surface area (Å²) in [6, 6.07) is 18.7. The van der Waals surface area contributed by atoms with Crippen LogP contribution in [-0.2, 0) is 6.61 Å². The van der Waals surface area contributed by atoms with Crippen LogP contribution in [0.3, 0.4) is 0 Å². The van der Waals surface area contributed by atoms with Crippen LogP contribution in [-0.4, -0.2) is 38.3 Å². The van der Waals surface area contributed by atoms with Crippen LogP contribution in [0, 0.1) is 0 Å². The third-order valence-electron chi connectivity index (χ3n) is 6.38. The average Bonchev–Trinajstić information content (AvgIpc) is 3.51. The summed E-state index contributed by atoms with van der Waals surface area (Å²) >= 11 is 6.07. The molecule has 0 unspecified atom stereocenters.